The Kier molecular flexibility index (Phi) is 5.99. The summed E-state index contributed by atoms with van der Waals surface area (Å²) in [4.78, 5) is 15.2. The molecule has 0 atom stereocenters. The molecule has 8 aromatic carbocycles. The van der Waals surface area contributed by atoms with E-state index >= 15 is 0 Å². The fourth-order valence-corrected chi connectivity index (χ4v) is 8.75. The molecule has 0 spiro atoms. The number of benzene rings is 8. The van der Waals surface area contributed by atoms with Gasteiger partial charge in [-0.2, -0.15) is 0 Å². The van der Waals surface area contributed by atoms with Crippen LogP contribution < -0.4 is 0 Å². The number of aromatic nitrogens is 5. The van der Waals surface area contributed by atoms with E-state index in [4.69, 9.17) is 15.0 Å². The van der Waals surface area contributed by atoms with Gasteiger partial charge in [-0.15, -0.1) is 0 Å². The SMILES string of the molecule is c1ccc(-c2nc(-c3ccccc3)nc(-c3ccc4c(c3)c3cccc5c6ccccc6n(c6cc7ccccc7c7c8ccccc8n4c76)c53)n2)cc1. The van der Waals surface area contributed by atoms with Crippen molar-refractivity contribution in [3.05, 3.63) is 176 Å². The molecule has 5 heteroatoms. The second-order valence-corrected chi connectivity index (χ2v) is 14.0. The van der Waals surface area contributed by atoms with Crippen LogP contribution in [0.25, 0.3) is 110 Å². The van der Waals surface area contributed by atoms with Gasteiger partial charge in [0.2, 0.25) is 0 Å². The predicted molar refractivity (Wildman–Crippen MR) is 223 cm³/mol. The summed E-state index contributed by atoms with van der Waals surface area (Å²) in [6.45, 7) is 0. The number of hydrogen-bond acceptors (Lipinski definition) is 3. The Hall–Kier alpha value is -7.37. The third-order valence-electron chi connectivity index (χ3n) is 11.1. The summed E-state index contributed by atoms with van der Waals surface area (Å²) in [6.07, 6.45) is 0. The van der Waals surface area contributed by atoms with Crippen LogP contribution in [0.4, 0.5) is 0 Å². The van der Waals surface area contributed by atoms with Crippen LogP contribution in [0, 0.1) is 0 Å². The number of fused-ring (bicyclic) bond motifs is 12. The smallest absolute Gasteiger partial charge is 0.164 e. The van der Waals surface area contributed by atoms with E-state index < -0.39 is 0 Å². The number of para-hydroxylation sites is 3. The van der Waals surface area contributed by atoms with E-state index in [1.54, 1.807) is 0 Å². The fraction of sp³-hybridized carbons (Fsp3) is 0. The minimum atomic E-state index is 0.634. The summed E-state index contributed by atoms with van der Waals surface area (Å²) in [6, 6.07) is 62.6. The van der Waals surface area contributed by atoms with E-state index in [0.29, 0.717) is 17.5 Å². The molecule has 0 aliphatic carbocycles. The van der Waals surface area contributed by atoms with Crippen molar-refractivity contribution in [3.8, 4) is 34.2 Å². The lowest BCUT2D eigenvalue weighted by atomic mass is 10.0. The lowest BCUT2D eigenvalue weighted by Gasteiger charge is -2.13. The van der Waals surface area contributed by atoms with E-state index in [0.717, 1.165) is 33.0 Å². The first-order valence-electron chi connectivity index (χ1n) is 18.3. The monoisotopic (exact) mass is 687 g/mol. The average molecular weight is 688 g/mol. The first-order chi connectivity index (χ1) is 26.8. The molecular formula is C49H29N5. The third-order valence-corrected chi connectivity index (χ3v) is 11.1. The predicted octanol–water partition coefficient (Wildman–Crippen LogP) is 12.3. The summed E-state index contributed by atoms with van der Waals surface area (Å²) in [5.74, 6) is 1.92. The second-order valence-electron chi connectivity index (χ2n) is 14.0. The lowest BCUT2D eigenvalue weighted by molar-refractivity contribution is 1.07. The highest BCUT2D eigenvalue weighted by Crippen LogP contribution is 2.43. The summed E-state index contributed by atoms with van der Waals surface area (Å²) in [7, 11) is 0. The molecule has 0 radical (unpaired) electrons. The number of hydrogen-bond donors (Lipinski definition) is 0. The summed E-state index contributed by atoms with van der Waals surface area (Å²) in [5, 5.41) is 9.70. The van der Waals surface area contributed by atoms with Crippen molar-refractivity contribution in [1.29, 1.82) is 0 Å². The van der Waals surface area contributed by atoms with Crippen molar-refractivity contribution < 1.29 is 0 Å². The van der Waals surface area contributed by atoms with Crippen LogP contribution in [-0.4, -0.2) is 23.8 Å². The zero-order valence-electron chi connectivity index (χ0n) is 29.0. The van der Waals surface area contributed by atoms with Crippen LogP contribution >= 0.6 is 0 Å². The molecule has 4 aromatic heterocycles. The van der Waals surface area contributed by atoms with Crippen LogP contribution in [0.15, 0.2) is 176 Å². The molecule has 0 fully saturated rings. The highest BCUT2D eigenvalue weighted by molar-refractivity contribution is 6.28. The van der Waals surface area contributed by atoms with E-state index in [9.17, 15) is 0 Å². The van der Waals surface area contributed by atoms with Gasteiger partial charge in [0.25, 0.3) is 0 Å². The minimum Gasteiger partial charge on any atom is -0.307 e. The zero-order chi connectivity index (χ0) is 35.3. The van der Waals surface area contributed by atoms with Crippen molar-refractivity contribution >= 4 is 76.2 Å². The Morgan fingerprint density at radius 3 is 1.50 bits per heavy atom. The van der Waals surface area contributed by atoms with Crippen molar-refractivity contribution in [2.75, 3.05) is 0 Å². The standard InChI is InChI=1S/C49H29N5/c1-3-14-30(15-4-1)47-50-48(31-16-5-2-6-17-31)52-49(51-47)33-26-27-42-39(28-33)37-23-13-22-36-35-20-9-11-24-40(35)54(45(36)37)43-29-32-18-7-8-19-34(32)44-38-21-10-12-25-41(38)53(42)46(43)44/h1-29H. The molecule has 4 heterocycles. The first-order valence-corrected chi connectivity index (χ1v) is 18.3. The maximum Gasteiger partial charge on any atom is 0.164 e. The van der Waals surface area contributed by atoms with E-state index in [-0.39, 0.29) is 0 Å². The van der Waals surface area contributed by atoms with Crippen molar-refractivity contribution in [2.24, 2.45) is 0 Å². The molecule has 250 valence electrons. The van der Waals surface area contributed by atoms with Gasteiger partial charge in [-0.05, 0) is 47.2 Å². The van der Waals surface area contributed by atoms with Crippen LogP contribution in [0.1, 0.15) is 0 Å². The van der Waals surface area contributed by atoms with Gasteiger partial charge >= 0.3 is 0 Å². The number of nitrogens with zero attached hydrogens (tertiary/aromatic N) is 5. The van der Waals surface area contributed by atoms with Gasteiger partial charge in [-0.25, -0.2) is 15.0 Å². The van der Waals surface area contributed by atoms with Crippen molar-refractivity contribution in [2.45, 2.75) is 0 Å². The Balaban J connectivity index is 1.30. The highest BCUT2D eigenvalue weighted by Gasteiger charge is 2.21. The van der Waals surface area contributed by atoms with Gasteiger partial charge in [-0.1, -0.05) is 140 Å². The summed E-state index contributed by atoms with van der Waals surface area (Å²) < 4.78 is 4.99. The number of rotatable bonds is 3. The highest BCUT2D eigenvalue weighted by atomic mass is 15.0. The maximum absolute atomic E-state index is 5.13. The third kappa shape index (κ3) is 4.06. The van der Waals surface area contributed by atoms with Crippen LogP contribution in [0.2, 0.25) is 0 Å². The Labute approximate surface area is 309 Å². The molecule has 0 saturated heterocycles. The topological polar surface area (TPSA) is 47.5 Å². The largest absolute Gasteiger partial charge is 0.307 e. The molecular weight excluding hydrogens is 659 g/mol. The van der Waals surface area contributed by atoms with Crippen LogP contribution in [0.5, 0.6) is 0 Å². The van der Waals surface area contributed by atoms with Gasteiger partial charge in [0.1, 0.15) is 0 Å². The molecule has 54 heavy (non-hydrogen) atoms. The summed E-state index contributed by atoms with van der Waals surface area (Å²) >= 11 is 0. The second kappa shape index (κ2) is 11.1. The van der Waals surface area contributed by atoms with Gasteiger partial charge in [0.15, 0.2) is 17.5 Å². The molecule has 0 N–H and O–H groups in total. The van der Waals surface area contributed by atoms with Crippen molar-refractivity contribution in [3.63, 3.8) is 0 Å². The van der Waals surface area contributed by atoms with E-state index in [2.05, 4.69) is 148 Å². The van der Waals surface area contributed by atoms with Gasteiger partial charge in [-0.3, -0.25) is 0 Å². The van der Waals surface area contributed by atoms with Crippen LogP contribution in [0.3, 0.4) is 0 Å². The van der Waals surface area contributed by atoms with Crippen molar-refractivity contribution in [1.82, 2.24) is 23.8 Å². The Bertz CT molecular complexity index is 3430. The van der Waals surface area contributed by atoms with E-state index in [1.807, 2.05) is 36.4 Å². The first kappa shape index (κ1) is 29.2. The Morgan fingerprint density at radius 2 is 0.796 bits per heavy atom. The van der Waals surface area contributed by atoms with Gasteiger partial charge < -0.3 is 8.80 Å². The molecule has 12 aromatic rings. The quantitative estimate of drug-likeness (QED) is 0.186. The molecule has 0 bridgehead atoms. The molecule has 12 rings (SSSR count). The normalized spacial score (nSPS) is 12.1. The molecule has 0 unspecified atom stereocenters. The molecule has 0 saturated carbocycles. The fourth-order valence-electron chi connectivity index (χ4n) is 8.75. The lowest BCUT2D eigenvalue weighted by Crippen LogP contribution is -2.00. The maximum atomic E-state index is 5.13. The van der Waals surface area contributed by atoms with E-state index in [1.165, 1.54) is 59.9 Å². The molecule has 5 nitrogen and oxygen atoms in total. The van der Waals surface area contributed by atoms with Gasteiger partial charge in [0.05, 0.1) is 33.1 Å². The Morgan fingerprint density at radius 1 is 0.296 bits per heavy atom. The average Bonchev–Trinajstić information content (AvgIpc) is 3.77. The molecule has 0 amide bonds. The van der Waals surface area contributed by atoms with Gasteiger partial charge in [0, 0.05) is 49.0 Å². The molecule has 0 aliphatic heterocycles. The zero-order valence-corrected chi connectivity index (χ0v) is 29.0. The van der Waals surface area contributed by atoms with Crippen LogP contribution in [-0.2, 0) is 0 Å². The minimum absolute atomic E-state index is 0.634. The molecule has 0 aliphatic rings. The summed E-state index contributed by atoms with van der Waals surface area (Å²) in [5.41, 5.74) is 9.85.